The average molecular weight is 464 g/mol. The van der Waals surface area contributed by atoms with Crippen molar-refractivity contribution in [1.29, 1.82) is 0 Å². The van der Waals surface area contributed by atoms with Crippen LogP contribution in [0.5, 0.6) is 5.75 Å². The number of nitrogens with one attached hydrogen (secondary N) is 1. The van der Waals surface area contributed by atoms with Gasteiger partial charge in [0.15, 0.2) is 0 Å². The minimum Gasteiger partial charge on any atom is -0.494 e. The van der Waals surface area contributed by atoms with Crippen molar-refractivity contribution in [3.8, 4) is 16.9 Å². The maximum absolute atomic E-state index is 12.7. The Morgan fingerprint density at radius 3 is 2.45 bits per heavy atom. The van der Waals surface area contributed by atoms with E-state index in [9.17, 15) is 9.59 Å². The Morgan fingerprint density at radius 1 is 1.03 bits per heavy atom. The van der Waals surface area contributed by atoms with Crippen molar-refractivity contribution in [2.24, 2.45) is 0 Å². The number of rotatable bonds is 9. The van der Waals surface area contributed by atoms with Gasteiger partial charge in [-0.1, -0.05) is 37.3 Å². The van der Waals surface area contributed by atoms with Crippen LogP contribution in [0.25, 0.3) is 17.2 Å². The molecule has 0 bridgehead atoms. The van der Waals surface area contributed by atoms with Gasteiger partial charge in [-0.05, 0) is 67.7 Å². The van der Waals surface area contributed by atoms with Gasteiger partial charge < -0.3 is 14.8 Å². The molecule has 0 atom stereocenters. The first-order valence-electron chi connectivity index (χ1n) is 11.0. The van der Waals surface area contributed by atoms with Crippen LogP contribution in [0.15, 0.2) is 53.9 Å². The summed E-state index contributed by atoms with van der Waals surface area (Å²) in [6, 6.07) is 13.6. The van der Waals surface area contributed by atoms with Crippen LogP contribution in [-0.4, -0.2) is 25.1 Å². The lowest BCUT2D eigenvalue weighted by Crippen LogP contribution is -2.12. The summed E-state index contributed by atoms with van der Waals surface area (Å²) < 4.78 is 10.9. The number of ether oxygens (including phenoxy) is 2. The van der Waals surface area contributed by atoms with Gasteiger partial charge in [-0.15, -0.1) is 11.3 Å². The summed E-state index contributed by atoms with van der Waals surface area (Å²) >= 11 is 1.31. The molecule has 5 nitrogen and oxygen atoms in total. The van der Waals surface area contributed by atoms with E-state index >= 15 is 0 Å². The SMILES string of the molecule is CCCOc1ccc(/C=C/C(=O)Nc2scc(-c3ccc(C)c(C)c3)c2C(=O)OCC)cc1. The molecular formula is C27H29NO4S. The van der Waals surface area contributed by atoms with Crippen molar-refractivity contribution < 1.29 is 19.1 Å². The van der Waals surface area contributed by atoms with E-state index in [1.165, 1.54) is 23.0 Å². The van der Waals surface area contributed by atoms with Crippen LogP contribution in [0.2, 0.25) is 0 Å². The van der Waals surface area contributed by atoms with Gasteiger partial charge in [-0.3, -0.25) is 4.79 Å². The molecule has 1 aromatic heterocycles. The highest BCUT2D eigenvalue weighted by Gasteiger charge is 2.22. The number of anilines is 1. The fourth-order valence-electron chi connectivity index (χ4n) is 3.20. The van der Waals surface area contributed by atoms with Crippen molar-refractivity contribution in [3.05, 3.63) is 76.2 Å². The van der Waals surface area contributed by atoms with Crippen LogP contribution < -0.4 is 10.1 Å². The largest absolute Gasteiger partial charge is 0.494 e. The maximum Gasteiger partial charge on any atom is 0.341 e. The summed E-state index contributed by atoms with van der Waals surface area (Å²) in [7, 11) is 0. The quantitative estimate of drug-likeness (QED) is 0.285. The lowest BCUT2D eigenvalue weighted by molar-refractivity contribution is -0.111. The monoisotopic (exact) mass is 463 g/mol. The van der Waals surface area contributed by atoms with Gasteiger partial charge in [-0.25, -0.2) is 4.79 Å². The molecule has 0 saturated carbocycles. The zero-order valence-corrected chi connectivity index (χ0v) is 20.3. The molecule has 2 aromatic carbocycles. The number of aryl methyl sites for hydroxylation is 2. The summed E-state index contributed by atoms with van der Waals surface area (Å²) in [5.74, 6) is 0.0317. The van der Waals surface area contributed by atoms with E-state index in [0.29, 0.717) is 17.2 Å². The molecule has 0 radical (unpaired) electrons. The first-order chi connectivity index (χ1) is 15.9. The van der Waals surface area contributed by atoms with Gasteiger partial charge >= 0.3 is 5.97 Å². The first-order valence-corrected chi connectivity index (χ1v) is 11.9. The van der Waals surface area contributed by atoms with E-state index in [1.807, 2.05) is 61.7 Å². The number of benzene rings is 2. The Morgan fingerprint density at radius 2 is 1.79 bits per heavy atom. The number of thiophene rings is 1. The van der Waals surface area contributed by atoms with Crippen LogP contribution in [0.4, 0.5) is 5.00 Å². The number of hydrogen-bond acceptors (Lipinski definition) is 5. The van der Waals surface area contributed by atoms with E-state index in [4.69, 9.17) is 9.47 Å². The summed E-state index contributed by atoms with van der Waals surface area (Å²) in [4.78, 5) is 25.3. The number of esters is 1. The maximum atomic E-state index is 12.7. The third kappa shape index (κ3) is 6.33. The molecule has 0 aliphatic carbocycles. The van der Waals surface area contributed by atoms with Crippen LogP contribution in [0.3, 0.4) is 0 Å². The van der Waals surface area contributed by atoms with Gasteiger partial charge in [0.05, 0.1) is 13.2 Å². The van der Waals surface area contributed by atoms with Crippen LogP contribution >= 0.6 is 11.3 Å². The highest BCUT2D eigenvalue weighted by molar-refractivity contribution is 7.15. The molecule has 0 aliphatic heterocycles. The van der Waals surface area contributed by atoms with Gasteiger partial charge in [0.2, 0.25) is 5.91 Å². The Kier molecular flexibility index (Phi) is 8.44. The standard InChI is InChI=1S/C27H29NO4S/c1-5-15-32-22-12-8-20(9-13-22)10-14-24(29)28-26-25(27(30)31-6-2)23(17-33-26)21-11-7-18(3)19(4)16-21/h7-14,16-17H,5-6,15H2,1-4H3,(H,28,29)/b14-10+. The molecule has 0 aliphatic rings. The topological polar surface area (TPSA) is 64.6 Å². The van der Waals surface area contributed by atoms with Crippen molar-refractivity contribution in [2.75, 3.05) is 18.5 Å². The predicted molar refractivity (Wildman–Crippen MR) is 135 cm³/mol. The van der Waals surface area contributed by atoms with Crippen molar-refractivity contribution in [3.63, 3.8) is 0 Å². The van der Waals surface area contributed by atoms with Crippen LogP contribution in [0.1, 0.15) is 47.3 Å². The molecule has 1 N–H and O–H groups in total. The smallest absolute Gasteiger partial charge is 0.341 e. The number of carbonyl (C=O) groups excluding carboxylic acids is 2. The van der Waals surface area contributed by atoms with E-state index in [1.54, 1.807) is 13.0 Å². The van der Waals surface area contributed by atoms with Gasteiger partial charge in [0.1, 0.15) is 16.3 Å². The van der Waals surface area contributed by atoms with Gasteiger partial charge in [-0.2, -0.15) is 0 Å². The second-order valence-electron chi connectivity index (χ2n) is 7.61. The Balaban J connectivity index is 1.80. The van der Waals surface area contributed by atoms with Crippen LogP contribution in [-0.2, 0) is 9.53 Å². The molecule has 0 fully saturated rings. The van der Waals surface area contributed by atoms with Crippen molar-refractivity contribution >= 4 is 34.3 Å². The summed E-state index contributed by atoms with van der Waals surface area (Å²) in [5.41, 5.74) is 5.23. The molecule has 1 amide bonds. The Labute approximate surface area is 199 Å². The number of carbonyl (C=O) groups is 2. The highest BCUT2D eigenvalue weighted by Crippen LogP contribution is 2.37. The summed E-state index contributed by atoms with van der Waals surface area (Å²) in [6.45, 7) is 8.83. The van der Waals surface area contributed by atoms with Gasteiger partial charge in [0, 0.05) is 17.0 Å². The van der Waals surface area contributed by atoms with Crippen LogP contribution in [0, 0.1) is 13.8 Å². The fourth-order valence-corrected chi connectivity index (χ4v) is 4.16. The highest BCUT2D eigenvalue weighted by atomic mass is 32.1. The zero-order valence-electron chi connectivity index (χ0n) is 19.4. The normalized spacial score (nSPS) is 10.9. The molecule has 0 unspecified atom stereocenters. The lowest BCUT2D eigenvalue weighted by atomic mass is 9.99. The van der Waals surface area contributed by atoms with Gasteiger partial charge in [0.25, 0.3) is 0 Å². The Bertz CT molecular complexity index is 1150. The van der Waals surface area contributed by atoms with E-state index < -0.39 is 5.97 Å². The zero-order chi connectivity index (χ0) is 23.8. The second kappa shape index (κ2) is 11.5. The molecular weight excluding hydrogens is 434 g/mol. The van der Waals surface area contributed by atoms with Crippen molar-refractivity contribution in [2.45, 2.75) is 34.1 Å². The molecule has 172 valence electrons. The molecule has 33 heavy (non-hydrogen) atoms. The summed E-state index contributed by atoms with van der Waals surface area (Å²) in [6.07, 6.45) is 4.12. The third-order valence-electron chi connectivity index (χ3n) is 5.11. The average Bonchev–Trinajstić information content (AvgIpc) is 3.22. The molecule has 3 rings (SSSR count). The minimum atomic E-state index is -0.450. The molecule has 6 heteroatoms. The third-order valence-corrected chi connectivity index (χ3v) is 6.00. The number of hydrogen-bond donors (Lipinski definition) is 1. The summed E-state index contributed by atoms with van der Waals surface area (Å²) in [5, 5.41) is 5.19. The molecule has 3 aromatic rings. The molecule has 0 spiro atoms. The Hall–Kier alpha value is -3.38. The predicted octanol–water partition coefficient (Wildman–Crippen LogP) is 6.65. The second-order valence-corrected chi connectivity index (χ2v) is 8.49. The van der Waals surface area contributed by atoms with Crippen molar-refractivity contribution in [1.82, 2.24) is 0 Å². The first kappa shape index (κ1) is 24.3. The van der Waals surface area contributed by atoms with E-state index in [0.717, 1.165) is 34.4 Å². The lowest BCUT2D eigenvalue weighted by Gasteiger charge is -2.09. The molecule has 0 saturated heterocycles. The van der Waals surface area contributed by atoms with E-state index in [-0.39, 0.29) is 12.5 Å². The fraction of sp³-hybridized carbons (Fsp3) is 0.259. The van der Waals surface area contributed by atoms with E-state index in [2.05, 4.69) is 12.2 Å². The minimum absolute atomic E-state index is 0.256. The molecule has 1 heterocycles. The number of amides is 1.